The van der Waals surface area contributed by atoms with E-state index >= 15 is 0 Å². The lowest BCUT2D eigenvalue weighted by Crippen LogP contribution is -1.91. The molecule has 0 N–H and O–H groups in total. The number of methoxy groups -OCH3 is 1. The number of benzene rings is 1. The van der Waals surface area contributed by atoms with E-state index in [1.54, 1.807) is 7.11 Å². The molecule has 15 heavy (non-hydrogen) atoms. The third-order valence-electron chi connectivity index (χ3n) is 2.00. The van der Waals surface area contributed by atoms with Crippen LogP contribution < -0.4 is 4.74 Å². The molecule has 0 aliphatic carbocycles. The smallest absolute Gasteiger partial charge is 0.132 e. The molecule has 5 heteroatoms. The SMILES string of the molecule is COc1ccc(CCCN=[N+]=[N-])cc1I. The van der Waals surface area contributed by atoms with Crippen LogP contribution in [-0.2, 0) is 6.42 Å². The molecule has 0 saturated carbocycles. The summed E-state index contributed by atoms with van der Waals surface area (Å²) in [6, 6.07) is 6.09. The minimum absolute atomic E-state index is 0.555. The molecular weight excluding hydrogens is 305 g/mol. The number of hydrogen-bond donors (Lipinski definition) is 0. The second-order valence-corrected chi connectivity index (χ2v) is 4.19. The normalized spacial score (nSPS) is 9.47. The molecule has 0 saturated heterocycles. The van der Waals surface area contributed by atoms with Gasteiger partial charge in [-0.2, -0.15) is 0 Å². The summed E-state index contributed by atoms with van der Waals surface area (Å²) >= 11 is 2.25. The first-order chi connectivity index (χ1) is 7.27. The fraction of sp³-hybridized carbons (Fsp3) is 0.400. The molecule has 4 nitrogen and oxygen atoms in total. The molecule has 0 atom stereocenters. The second kappa shape index (κ2) is 6.53. The molecule has 1 aromatic rings. The molecule has 0 amide bonds. The molecule has 80 valence electrons. The fourth-order valence-electron chi connectivity index (χ4n) is 1.26. The maximum absolute atomic E-state index is 8.12. The first kappa shape index (κ1) is 12.1. The van der Waals surface area contributed by atoms with Gasteiger partial charge in [0.1, 0.15) is 5.75 Å². The quantitative estimate of drug-likeness (QED) is 0.269. The molecule has 0 aromatic heterocycles. The summed E-state index contributed by atoms with van der Waals surface area (Å²) in [6.45, 7) is 0.555. The van der Waals surface area contributed by atoms with E-state index in [1.165, 1.54) is 5.56 Å². The Morgan fingerprint density at radius 2 is 2.33 bits per heavy atom. The molecule has 0 fully saturated rings. The summed E-state index contributed by atoms with van der Waals surface area (Å²) in [6.07, 6.45) is 1.81. The molecule has 0 unspecified atom stereocenters. The lowest BCUT2D eigenvalue weighted by Gasteiger charge is -2.05. The Bertz CT molecular complexity index is 375. The number of hydrogen-bond acceptors (Lipinski definition) is 2. The third kappa shape index (κ3) is 3.97. The van der Waals surface area contributed by atoms with Gasteiger partial charge < -0.3 is 4.74 Å². The highest BCUT2D eigenvalue weighted by atomic mass is 127. The zero-order valence-corrected chi connectivity index (χ0v) is 10.6. The van der Waals surface area contributed by atoms with Crippen molar-refractivity contribution >= 4 is 22.6 Å². The van der Waals surface area contributed by atoms with Crippen LogP contribution in [0.3, 0.4) is 0 Å². The van der Waals surface area contributed by atoms with Gasteiger partial charge in [-0.1, -0.05) is 11.2 Å². The summed E-state index contributed by atoms with van der Waals surface area (Å²) in [7, 11) is 1.67. The average Bonchev–Trinajstić information content (AvgIpc) is 2.25. The number of azide groups is 1. The van der Waals surface area contributed by atoms with Gasteiger partial charge in [0.25, 0.3) is 0 Å². The Morgan fingerprint density at radius 3 is 2.93 bits per heavy atom. The number of halogens is 1. The van der Waals surface area contributed by atoms with Crippen molar-refractivity contribution in [3.05, 3.63) is 37.8 Å². The maximum atomic E-state index is 8.12. The van der Waals surface area contributed by atoms with Gasteiger partial charge in [0.15, 0.2) is 0 Å². The van der Waals surface area contributed by atoms with Crippen LogP contribution in [0.2, 0.25) is 0 Å². The zero-order chi connectivity index (χ0) is 11.1. The average molecular weight is 317 g/mol. The largest absolute Gasteiger partial charge is 0.496 e. The van der Waals surface area contributed by atoms with Crippen LogP contribution >= 0.6 is 22.6 Å². The summed E-state index contributed by atoms with van der Waals surface area (Å²) in [4.78, 5) is 2.72. The Balaban J connectivity index is 2.55. The van der Waals surface area contributed by atoms with Crippen LogP contribution in [0.1, 0.15) is 12.0 Å². The summed E-state index contributed by atoms with van der Waals surface area (Å²) in [5.41, 5.74) is 9.36. The van der Waals surface area contributed by atoms with Crippen LogP contribution in [0.5, 0.6) is 5.75 Å². The first-order valence-corrected chi connectivity index (χ1v) is 5.69. The van der Waals surface area contributed by atoms with E-state index < -0.39 is 0 Å². The number of aryl methyl sites for hydroxylation is 1. The van der Waals surface area contributed by atoms with Gasteiger partial charge in [0, 0.05) is 11.5 Å². The molecule has 0 aliphatic heterocycles. The van der Waals surface area contributed by atoms with Crippen molar-refractivity contribution in [3.63, 3.8) is 0 Å². The van der Waals surface area contributed by atoms with Gasteiger partial charge >= 0.3 is 0 Å². The number of nitrogens with zero attached hydrogens (tertiary/aromatic N) is 3. The third-order valence-corrected chi connectivity index (χ3v) is 2.85. The van der Waals surface area contributed by atoms with Gasteiger partial charge in [-0.3, -0.25) is 0 Å². The molecule has 1 rings (SSSR count). The van der Waals surface area contributed by atoms with E-state index in [1.807, 2.05) is 12.1 Å². The number of rotatable bonds is 5. The molecule has 0 radical (unpaired) electrons. The number of ether oxygens (including phenoxy) is 1. The van der Waals surface area contributed by atoms with Gasteiger partial charge in [-0.05, 0) is 58.7 Å². The topological polar surface area (TPSA) is 58.0 Å². The Labute approximate surface area is 102 Å². The Kier molecular flexibility index (Phi) is 5.28. The molecule has 0 aliphatic rings. The summed E-state index contributed by atoms with van der Waals surface area (Å²) < 4.78 is 6.28. The highest BCUT2D eigenvalue weighted by Crippen LogP contribution is 2.22. The highest BCUT2D eigenvalue weighted by molar-refractivity contribution is 14.1. The lowest BCUT2D eigenvalue weighted by atomic mass is 10.1. The summed E-state index contributed by atoms with van der Waals surface area (Å²) in [5.74, 6) is 0.898. The predicted molar refractivity (Wildman–Crippen MR) is 68.0 cm³/mol. The zero-order valence-electron chi connectivity index (χ0n) is 8.48. The standard InChI is InChI=1S/C10H12IN3O/c1-15-10-5-4-8(7-9(10)11)3-2-6-13-14-12/h4-5,7H,2-3,6H2,1H3. The van der Waals surface area contributed by atoms with Crippen molar-refractivity contribution in [2.45, 2.75) is 12.8 Å². The fourth-order valence-corrected chi connectivity index (χ4v) is 2.06. The van der Waals surface area contributed by atoms with Crippen molar-refractivity contribution in [1.29, 1.82) is 0 Å². The molecule has 0 bridgehead atoms. The minimum Gasteiger partial charge on any atom is -0.496 e. The van der Waals surface area contributed by atoms with Gasteiger partial charge in [0.05, 0.1) is 10.7 Å². The van der Waals surface area contributed by atoms with Gasteiger partial charge in [-0.25, -0.2) is 0 Å². The lowest BCUT2D eigenvalue weighted by molar-refractivity contribution is 0.411. The maximum Gasteiger partial charge on any atom is 0.132 e. The van der Waals surface area contributed by atoms with Gasteiger partial charge in [0.2, 0.25) is 0 Å². The summed E-state index contributed by atoms with van der Waals surface area (Å²) in [5, 5.41) is 3.50. The van der Waals surface area contributed by atoms with E-state index in [4.69, 9.17) is 10.3 Å². The molecule has 0 spiro atoms. The minimum atomic E-state index is 0.555. The van der Waals surface area contributed by atoms with Crippen molar-refractivity contribution < 1.29 is 4.74 Å². The van der Waals surface area contributed by atoms with E-state index in [2.05, 4.69) is 38.7 Å². The monoisotopic (exact) mass is 317 g/mol. The van der Waals surface area contributed by atoms with Gasteiger partial charge in [-0.15, -0.1) is 0 Å². The van der Waals surface area contributed by atoms with Crippen LogP contribution in [-0.4, -0.2) is 13.7 Å². The molecule has 1 aromatic carbocycles. The van der Waals surface area contributed by atoms with Crippen LogP contribution in [0.15, 0.2) is 23.3 Å². The molecule has 0 heterocycles. The van der Waals surface area contributed by atoms with Crippen molar-refractivity contribution in [3.8, 4) is 5.75 Å². The van der Waals surface area contributed by atoms with E-state index in [-0.39, 0.29) is 0 Å². The van der Waals surface area contributed by atoms with Crippen LogP contribution in [0.4, 0.5) is 0 Å². The van der Waals surface area contributed by atoms with E-state index in [9.17, 15) is 0 Å². The van der Waals surface area contributed by atoms with Crippen LogP contribution in [0.25, 0.3) is 10.4 Å². The highest BCUT2D eigenvalue weighted by Gasteiger charge is 2.00. The first-order valence-electron chi connectivity index (χ1n) is 4.61. The predicted octanol–water partition coefficient (Wildman–Crippen LogP) is 3.54. The second-order valence-electron chi connectivity index (χ2n) is 3.03. The Morgan fingerprint density at radius 1 is 1.53 bits per heavy atom. The Hall–Kier alpha value is -0.940. The molecular formula is C10H12IN3O. The van der Waals surface area contributed by atoms with E-state index in [0.717, 1.165) is 22.2 Å². The van der Waals surface area contributed by atoms with E-state index in [0.29, 0.717) is 6.54 Å². The van der Waals surface area contributed by atoms with Crippen molar-refractivity contribution in [2.24, 2.45) is 5.11 Å². The van der Waals surface area contributed by atoms with Crippen molar-refractivity contribution in [2.75, 3.05) is 13.7 Å². The van der Waals surface area contributed by atoms with Crippen molar-refractivity contribution in [1.82, 2.24) is 0 Å². The van der Waals surface area contributed by atoms with Crippen LogP contribution in [0, 0.1) is 3.57 Å².